The van der Waals surface area contributed by atoms with Crippen LogP contribution in [0.4, 0.5) is 0 Å². The Kier molecular flexibility index (Phi) is 3.29. The first-order chi connectivity index (χ1) is 4.12. The summed E-state index contributed by atoms with van der Waals surface area (Å²) < 4.78 is 0. The zero-order valence-electron chi connectivity index (χ0n) is 6.65. The van der Waals surface area contributed by atoms with E-state index in [1.807, 2.05) is 12.2 Å². The van der Waals surface area contributed by atoms with Gasteiger partial charge in [0.05, 0.1) is 0 Å². The van der Waals surface area contributed by atoms with Crippen LogP contribution in [-0.4, -0.2) is 0 Å². The predicted molar refractivity (Wildman–Crippen MR) is 43.4 cm³/mol. The van der Waals surface area contributed by atoms with Gasteiger partial charge in [-0.05, 0) is 11.8 Å². The Bertz CT molecular complexity index is 107. The van der Waals surface area contributed by atoms with E-state index in [-0.39, 0.29) is 0 Å². The summed E-state index contributed by atoms with van der Waals surface area (Å²) in [6.45, 7) is 10.2. The number of hydrogen-bond acceptors (Lipinski definition) is 0. The lowest BCUT2D eigenvalue weighted by molar-refractivity contribution is 0.462. The minimum Gasteiger partial charge on any atom is -0.0991 e. The van der Waals surface area contributed by atoms with Crippen molar-refractivity contribution in [1.82, 2.24) is 0 Å². The van der Waals surface area contributed by atoms with Crippen LogP contribution in [0.1, 0.15) is 27.2 Å². The van der Waals surface area contributed by atoms with Crippen molar-refractivity contribution in [2.45, 2.75) is 27.2 Å². The lowest BCUT2D eigenvalue weighted by Gasteiger charge is -2.15. The zero-order valence-corrected chi connectivity index (χ0v) is 6.65. The summed E-state index contributed by atoms with van der Waals surface area (Å²) >= 11 is 0. The molecule has 0 spiro atoms. The highest BCUT2D eigenvalue weighted by molar-refractivity contribution is 5.03. The Labute approximate surface area is 58.3 Å². The number of allylic oxidation sites excluding steroid dienone is 3. The van der Waals surface area contributed by atoms with Gasteiger partial charge in [0, 0.05) is 0 Å². The lowest BCUT2D eigenvalue weighted by atomic mass is 9.90. The Morgan fingerprint density at radius 1 is 1.44 bits per heavy atom. The normalized spacial score (nSPS) is 12.3. The molecule has 0 aliphatic rings. The topological polar surface area (TPSA) is 0 Å². The van der Waals surface area contributed by atoms with E-state index in [4.69, 9.17) is 0 Å². The second kappa shape index (κ2) is 3.49. The van der Waals surface area contributed by atoms with Gasteiger partial charge < -0.3 is 0 Å². The van der Waals surface area contributed by atoms with Gasteiger partial charge in [0.25, 0.3) is 0 Å². The van der Waals surface area contributed by atoms with E-state index in [9.17, 15) is 0 Å². The molecule has 0 saturated carbocycles. The largest absolute Gasteiger partial charge is 0.0991 e. The van der Waals surface area contributed by atoms with Crippen molar-refractivity contribution in [1.29, 1.82) is 0 Å². The molecule has 0 aliphatic heterocycles. The van der Waals surface area contributed by atoms with Gasteiger partial charge in [-0.1, -0.05) is 45.6 Å². The maximum Gasteiger partial charge on any atom is -0.0174 e. The van der Waals surface area contributed by atoms with E-state index in [1.165, 1.54) is 6.42 Å². The summed E-state index contributed by atoms with van der Waals surface area (Å²) in [6.07, 6.45) is 7.18. The van der Waals surface area contributed by atoms with Gasteiger partial charge in [0.2, 0.25) is 0 Å². The third-order valence-corrected chi connectivity index (χ3v) is 1.59. The standard InChI is InChI=1S/C9H16/c1-5-7-8-9(3,4)6-2/h5,7-8H,1,6H2,2-4H3. The SMILES string of the molecule is C=CC=CC(C)(C)CC. The maximum absolute atomic E-state index is 3.61. The molecule has 0 unspecified atom stereocenters. The van der Waals surface area contributed by atoms with Gasteiger partial charge in [-0.3, -0.25) is 0 Å². The third kappa shape index (κ3) is 4.01. The third-order valence-electron chi connectivity index (χ3n) is 1.59. The molecule has 9 heavy (non-hydrogen) atoms. The maximum atomic E-state index is 3.61. The molecule has 0 radical (unpaired) electrons. The summed E-state index contributed by atoms with van der Waals surface area (Å²) in [5.41, 5.74) is 0.341. The predicted octanol–water partition coefficient (Wildman–Crippen LogP) is 3.16. The van der Waals surface area contributed by atoms with Crippen molar-refractivity contribution in [2.75, 3.05) is 0 Å². The molecule has 0 saturated heterocycles. The Balaban J connectivity index is 3.84. The van der Waals surface area contributed by atoms with E-state index in [0.29, 0.717) is 5.41 Å². The monoisotopic (exact) mass is 124 g/mol. The Morgan fingerprint density at radius 3 is 2.33 bits per heavy atom. The molecule has 0 N–H and O–H groups in total. The summed E-state index contributed by atoms with van der Waals surface area (Å²) in [5, 5.41) is 0. The summed E-state index contributed by atoms with van der Waals surface area (Å²) in [4.78, 5) is 0. The van der Waals surface area contributed by atoms with Gasteiger partial charge in [-0.2, -0.15) is 0 Å². The van der Waals surface area contributed by atoms with E-state index < -0.39 is 0 Å². The van der Waals surface area contributed by atoms with Crippen LogP contribution in [0.2, 0.25) is 0 Å². The first-order valence-corrected chi connectivity index (χ1v) is 3.42. The molecule has 0 rings (SSSR count). The smallest absolute Gasteiger partial charge is 0.0174 e. The van der Waals surface area contributed by atoms with Crippen molar-refractivity contribution in [3.8, 4) is 0 Å². The van der Waals surface area contributed by atoms with Gasteiger partial charge >= 0.3 is 0 Å². The van der Waals surface area contributed by atoms with Crippen molar-refractivity contribution in [2.24, 2.45) is 5.41 Å². The molecule has 0 heterocycles. The quantitative estimate of drug-likeness (QED) is 0.507. The highest BCUT2D eigenvalue weighted by Crippen LogP contribution is 2.20. The molecular formula is C9H16. The van der Waals surface area contributed by atoms with Gasteiger partial charge in [0.1, 0.15) is 0 Å². The highest BCUT2D eigenvalue weighted by atomic mass is 14.1. The Morgan fingerprint density at radius 2 is 2.00 bits per heavy atom. The lowest BCUT2D eigenvalue weighted by Crippen LogP contribution is -2.03. The number of rotatable bonds is 3. The van der Waals surface area contributed by atoms with Crippen LogP contribution in [-0.2, 0) is 0 Å². The van der Waals surface area contributed by atoms with Crippen LogP contribution in [0.15, 0.2) is 24.8 Å². The fourth-order valence-electron chi connectivity index (χ4n) is 0.446. The molecule has 0 fully saturated rings. The molecule has 0 aliphatic carbocycles. The van der Waals surface area contributed by atoms with Crippen LogP contribution in [0.25, 0.3) is 0 Å². The van der Waals surface area contributed by atoms with Gasteiger partial charge in [-0.25, -0.2) is 0 Å². The van der Waals surface area contributed by atoms with Gasteiger partial charge in [0.15, 0.2) is 0 Å². The molecule has 0 atom stereocenters. The number of hydrogen-bond donors (Lipinski definition) is 0. The molecular weight excluding hydrogens is 108 g/mol. The summed E-state index contributed by atoms with van der Waals surface area (Å²) in [6, 6.07) is 0. The fraction of sp³-hybridized carbons (Fsp3) is 0.556. The van der Waals surface area contributed by atoms with Gasteiger partial charge in [-0.15, -0.1) is 0 Å². The van der Waals surface area contributed by atoms with Crippen LogP contribution >= 0.6 is 0 Å². The van der Waals surface area contributed by atoms with E-state index in [2.05, 4.69) is 33.4 Å². The minimum absolute atomic E-state index is 0.341. The molecule has 0 amide bonds. The van der Waals surface area contributed by atoms with E-state index in [0.717, 1.165) is 0 Å². The second-order valence-electron chi connectivity index (χ2n) is 2.94. The van der Waals surface area contributed by atoms with Crippen LogP contribution in [0.5, 0.6) is 0 Å². The van der Waals surface area contributed by atoms with Crippen LogP contribution < -0.4 is 0 Å². The fourth-order valence-corrected chi connectivity index (χ4v) is 0.446. The average Bonchev–Trinajstić information content (AvgIpc) is 1.84. The molecule has 52 valence electrons. The Hall–Kier alpha value is -0.520. The van der Waals surface area contributed by atoms with Crippen molar-refractivity contribution >= 4 is 0 Å². The molecule has 0 aromatic rings. The first kappa shape index (κ1) is 8.48. The zero-order chi connectivity index (χ0) is 7.33. The molecule has 0 aromatic carbocycles. The first-order valence-electron chi connectivity index (χ1n) is 3.42. The van der Waals surface area contributed by atoms with Crippen molar-refractivity contribution in [3.05, 3.63) is 24.8 Å². The second-order valence-corrected chi connectivity index (χ2v) is 2.94. The summed E-state index contributed by atoms with van der Waals surface area (Å²) in [7, 11) is 0. The van der Waals surface area contributed by atoms with Crippen molar-refractivity contribution < 1.29 is 0 Å². The molecule has 0 aromatic heterocycles. The van der Waals surface area contributed by atoms with Crippen molar-refractivity contribution in [3.63, 3.8) is 0 Å². The summed E-state index contributed by atoms with van der Waals surface area (Å²) in [5.74, 6) is 0. The van der Waals surface area contributed by atoms with E-state index in [1.54, 1.807) is 0 Å². The van der Waals surface area contributed by atoms with Crippen LogP contribution in [0.3, 0.4) is 0 Å². The molecule has 0 heteroatoms. The van der Waals surface area contributed by atoms with E-state index >= 15 is 0 Å². The average molecular weight is 124 g/mol. The highest BCUT2D eigenvalue weighted by Gasteiger charge is 2.07. The molecule has 0 bridgehead atoms. The molecule has 0 nitrogen and oxygen atoms in total. The van der Waals surface area contributed by atoms with Crippen LogP contribution in [0, 0.1) is 5.41 Å². The minimum atomic E-state index is 0.341.